The van der Waals surface area contributed by atoms with E-state index in [2.05, 4.69) is 6.58 Å². The fourth-order valence-electron chi connectivity index (χ4n) is 1.09. The minimum atomic E-state index is 1.11. The summed E-state index contributed by atoms with van der Waals surface area (Å²) in [6, 6.07) is 0. The van der Waals surface area contributed by atoms with E-state index >= 15 is 0 Å². The van der Waals surface area contributed by atoms with Crippen molar-refractivity contribution in [3.8, 4) is 0 Å². The summed E-state index contributed by atoms with van der Waals surface area (Å²) >= 11 is 1.98. The van der Waals surface area contributed by atoms with Crippen LogP contribution < -0.4 is 0 Å². The normalized spacial score (nSPS) is 20.4. The average Bonchev–Trinajstić information content (AvgIpc) is 2.34. The summed E-state index contributed by atoms with van der Waals surface area (Å²) in [5.41, 5.74) is 0. The Labute approximate surface area is 61.7 Å². The Morgan fingerprint density at radius 2 is 2.11 bits per heavy atom. The molecule has 51 valence electrons. The van der Waals surface area contributed by atoms with Gasteiger partial charge in [0.2, 0.25) is 0 Å². The molecule has 0 heterocycles. The lowest BCUT2D eigenvalue weighted by atomic mass is 10.4. The van der Waals surface area contributed by atoms with E-state index in [1.807, 2.05) is 17.8 Å². The van der Waals surface area contributed by atoms with Gasteiger partial charge in [-0.05, 0) is 12.8 Å². The fraction of sp³-hybridized carbons (Fsp3) is 0.625. The Balaban J connectivity index is 2.04. The van der Waals surface area contributed by atoms with Gasteiger partial charge in [-0.2, -0.15) is 0 Å². The first-order chi connectivity index (χ1) is 4.43. The fourth-order valence-corrected chi connectivity index (χ4v) is 2.02. The lowest BCUT2D eigenvalue weighted by molar-refractivity contribution is 0.886. The lowest BCUT2D eigenvalue weighted by Crippen LogP contribution is -1.82. The van der Waals surface area contributed by atoms with Crippen molar-refractivity contribution in [1.29, 1.82) is 0 Å². The average molecular weight is 141 g/mol. The van der Waals surface area contributed by atoms with Crippen molar-refractivity contribution in [1.82, 2.24) is 0 Å². The molecule has 0 nitrogen and oxygen atoms in total. The van der Waals surface area contributed by atoms with E-state index in [1.165, 1.54) is 25.7 Å². The van der Waals surface area contributed by atoms with Crippen LogP contribution in [0.3, 0.4) is 0 Å². The first-order valence-corrected chi connectivity index (χ1v) is 4.50. The maximum Gasteiger partial charge on any atom is 0.0309 e. The Morgan fingerprint density at radius 1 is 1.44 bits per heavy atom. The van der Waals surface area contributed by atoms with Crippen LogP contribution in [0, 0.1) is 5.25 Å². The van der Waals surface area contributed by atoms with Gasteiger partial charge in [0, 0.05) is 11.0 Å². The summed E-state index contributed by atoms with van der Waals surface area (Å²) in [4.78, 5) is 0. The summed E-state index contributed by atoms with van der Waals surface area (Å²) in [5, 5.41) is 1.69. The number of hydrogen-bond donors (Lipinski definition) is 0. The van der Waals surface area contributed by atoms with Gasteiger partial charge in [-0.1, -0.05) is 18.9 Å². The third-order valence-electron chi connectivity index (χ3n) is 1.57. The largest absolute Gasteiger partial charge is 0.150 e. The smallest absolute Gasteiger partial charge is 0.0309 e. The third-order valence-corrected chi connectivity index (χ3v) is 2.79. The molecule has 9 heavy (non-hydrogen) atoms. The predicted octanol–water partition coefficient (Wildman–Crippen LogP) is 3.01. The molecule has 0 N–H and O–H groups in total. The Morgan fingerprint density at radius 3 is 2.67 bits per heavy atom. The molecule has 0 aliphatic heterocycles. The summed E-state index contributed by atoms with van der Waals surface area (Å²) in [6.07, 6.45) is 7.53. The molecule has 0 amide bonds. The van der Waals surface area contributed by atoms with Crippen LogP contribution >= 0.6 is 11.8 Å². The van der Waals surface area contributed by atoms with Crippen molar-refractivity contribution in [3.05, 3.63) is 17.9 Å². The van der Waals surface area contributed by atoms with Crippen LogP contribution in [0.4, 0.5) is 0 Å². The van der Waals surface area contributed by atoms with E-state index in [0.717, 1.165) is 5.75 Å². The molecular weight excluding hydrogens is 128 g/mol. The van der Waals surface area contributed by atoms with Crippen LogP contribution in [0.1, 0.15) is 25.7 Å². The van der Waals surface area contributed by atoms with Crippen LogP contribution in [0.2, 0.25) is 0 Å². The van der Waals surface area contributed by atoms with Crippen molar-refractivity contribution >= 4 is 11.8 Å². The molecule has 1 heteroatoms. The lowest BCUT2D eigenvalue weighted by Gasteiger charge is -2.02. The molecule has 1 radical (unpaired) electrons. The summed E-state index contributed by atoms with van der Waals surface area (Å²) < 4.78 is 0. The SMILES string of the molecule is C=CCS[C]1CCCC1. The van der Waals surface area contributed by atoms with E-state index < -0.39 is 0 Å². The molecular formula is C8H13S. The molecule has 0 aromatic carbocycles. The minimum Gasteiger partial charge on any atom is -0.150 e. The summed E-state index contributed by atoms with van der Waals surface area (Å²) in [5.74, 6) is 1.11. The highest BCUT2D eigenvalue weighted by atomic mass is 32.2. The zero-order chi connectivity index (χ0) is 6.53. The van der Waals surface area contributed by atoms with Crippen LogP contribution in [-0.4, -0.2) is 5.75 Å². The van der Waals surface area contributed by atoms with E-state index in [-0.39, 0.29) is 0 Å². The van der Waals surface area contributed by atoms with Crippen molar-refractivity contribution in [2.45, 2.75) is 25.7 Å². The molecule has 1 fully saturated rings. The van der Waals surface area contributed by atoms with Crippen LogP contribution in [0.25, 0.3) is 0 Å². The first-order valence-electron chi connectivity index (χ1n) is 3.52. The standard InChI is InChI=1S/C8H13S/c1-2-7-9-8-5-3-4-6-8/h2H,1,3-7H2. The summed E-state index contributed by atoms with van der Waals surface area (Å²) in [7, 11) is 0. The molecule has 1 rings (SSSR count). The predicted molar refractivity (Wildman–Crippen MR) is 44.4 cm³/mol. The van der Waals surface area contributed by atoms with Crippen LogP contribution in [0.5, 0.6) is 0 Å². The van der Waals surface area contributed by atoms with Gasteiger partial charge < -0.3 is 0 Å². The second kappa shape index (κ2) is 3.99. The molecule has 0 aromatic rings. The van der Waals surface area contributed by atoms with Crippen LogP contribution in [-0.2, 0) is 0 Å². The van der Waals surface area contributed by atoms with E-state index in [0.29, 0.717) is 0 Å². The van der Waals surface area contributed by atoms with Crippen LogP contribution in [0.15, 0.2) is 12.7 Å². The molecule has 0 aromatic heterocycles. The monoisotopic (exact) mass is 141 g/mol. The van der Waals surface area contributed by atoms with Gasteiger partial charge in [0.05, 0.1) is 0 Å². The van der Waals surface area contributed by atoms with Gasteiger partial charge in [0.1, 0.15) is 0 Å². The zero-order valence-corrected chi connectivity index (χ0v) is 6.54. The number of thioether (sulfide) groups is 1. The van der Waals surface area contributed by atoms with Crippen molar-refractivity contribution < 1.29 is 0 Å². The van der Waals surface area contributed by atoms with E-state index in [9.17, 15) is 0 Å². The maximum absolute atomic E-state index is 3.69. The Bertz CT molecular complexity index is 82.6. The van der Waals surface area contributed by atoms with Crippen molar-refractivity contribution in [2.24, 2.45) is 0 Å². The minimum absolute atomic E-state index is 1.11. The quantitative estimate of drug-likeness (QED) is 0.544. The van der Waals surface area contributed by atoms with Gasteiger partial charge in [0.25, 0.3) is 0 Å². The first kappa shape index (κ1) is 7.20. The molecule has 0 unspecified atom stereocenters. The summed E-state index contributed by atoms with van der Waals surface area (Å²) in [6.45, 7) is 3.69. The molecule has 1 aliphatic rings. The molecule has 0 bridgehead atoms. The molecule has 0 saturated heterocycles. The Kier molecular flexibility index (Phi) is 3.20. The Hall–Kier alpha value is 0.0900. The highest BCUT2D eigenvalue weighted by molar-refractivity contribution is 8.02. The number of hydrogen-bond acceptors (Lipinski definition) is 1. The third kappa shape index (κ3) is 2.44. The molecule has 1 saturated carbocycles. The molecule has 0 atom stereocenters. The van der Waals surface area contributed by atoms with E-state index in [1.54, 1.807) is 5.25 Å². The highest BCUT2D eigenvalue weighted by Crippen LogP contribution is 2.36. The zero-order valence-electron chi connectivity index (χ0n) is 5.73. The maximum atomic E-state index is 3.69. The van der Waals surface area contributed by atoms with Gasteiger partial charge in [0.15, 0.2) is 0 Å². The van der Waals surface area contributed by atoms with Gasteiger partial charge in [-0.25, -0.2) is 0 Å². The molecule has 1 aliphatic carbocycles. The second-order valence-electron chi connectivity index (χ2n) is 2.35. The van der Waals surface area contributed by atoms with Gasteiger partial charge in [-0.3, -0.25) is 0 Å². The van der Waals surface area contributed by atoms with Gasteiger partial charge in [-0.15, -0.1) is 18.3 Å². The van der Waals surface area contributed by atoms with Gasteiger partial charge >= 0.3 is 0 Å². The van der Waals surface area contributed by atoms with Crippen molar-refractivity contribution in [3.63, 3.8) is 0 Å². The number of rotatable bonds is 3. The second-order valence-corrected chi connectivity index (χ2v) is 3.54. The van der Waals surface area contributed by atoms with Crippen molar-refractivity contribution in [2.75, 3.05) is 5.75 Å². The van der Waals surface area contributed by atoms with E-state index in [4.69, 9.17) is 0 Å². The highest BCUT2D eigenvalue weighted by Gasteiger charge is 2.14. The topological polar surface area (TPSA) is 0 Å². The molecule has 0 spiro atoms.